The number of rotatable bonds is 3. The summed E-state index contributed by atoms with van der Waals surface area (Å²) >= 11 is 0. The number of hydrogen-bond acceptors (Lipinski definition) is 5. The first-order valence-corrected chi connectivity index (χ1v) is 7.02. The summed E-state index contributed by atoms with van der Waals surface area (Å²) in [6, 6.07) is 10.1. The summed E-state index contributed by atoms with van der Waals surface area (Å²) in [6.07, 6.45) is 1.72. The summed E-state index contributed by atoms with van der Waals surface area (Å²) in [5.41, 5.74) is 4.69. The molecule has 1 unspecified atom stereocenters. The van der Waals surface area contributed by atoms with Gasteiger partial charge < -0.3 is 10.5 Å². The summed E-state index contributed by atoms with van der Waals surface area (Å²) < 4.78 is 0. The van der Waals surface area contributed by atoms with Crippen molar-refractivity contribution in [2.75, 3.05) is 18.5 Å². The molecule has 1 aliphatic rings. The third-order valence-corrected chi connectivity index (χ3v) is 3.81. The quantitative estimate of drug-likeness (QED) is 0.583. The molecule has 0 radical (unpaired) electrons. The van der Waals surface area contributed by atoms with Gasteiger partial charge in [-0.05, 0) is 31.5 Å². The summed E-state index contributed by atoms with van der Waals surface area (Å²) in [5.74, 6) is 6.31. The molecule has 0 aliphatic carbocycles. The average Bonchev–Trinajstić information content (AvgIpc) is 2.46. The molecule has 5 heteroatoms. The number of hydrogen-bond donors (Lipinski definition) is 3. The van der Waals surface area contributed by atoms with Crippen molar-refractivity contribution >= 4 is 16.7 Å². The minimum Gasteiger partial charge on any atom is -0.392 e. The van der Waals surface area contributed by atoms with Crippen LogP contribution in [0.1, 0.15) is 18.4 Å². The second kappa shape index (κ2) is 5.75. The zero-order valence-electron chi connectivity index (χ0n) is 11.4. The fourth-order valence-electron chi connectivity index (χ4n) is 2.82. The van der Waals surface area contributed by atoms with Crippen LogP contribution in [-0.4, -0.2) is 34.2 Å². The SMILES string of the molecule is NNc1nc2ccccc2cc1CN1CCCC(O)C1. The van der Waals surface area contributed by atoms with Crippen LogP contribution in [-0.2, 0) is 6.54 Å². The Hall–Kier alpha value is -1.69. The number of aliphatic hydroxyl groups excluding tert-OH is 1. The van der Waals surface area contributed by atoms with Gasteiger partial charge in [0.25, 0.3) is 0 Å². The Balaban J connectivity index is 1.89. The van der Waals surface area contributed by atoms with Gasteiger partial charge in [0, 0.05) is 24.0 Å². The number of pyridine rings is 1. The lowest BCUT2D eigenvalue weighted by molar-refractivity contribution is 0.0669. The average molecular weight is 272 g/mol. The summed E-state index contributed by atoms with van der Waals surface area (Å²) in [7, 11) is 0. The molecule has 1 aliphatic heterocycles. The summed E-state index contributed by atoms with van der Waals surface area (Å²) in [5, 5.41) is 10.9. The number of nitrogens with two attached hydrogens (primary N) is 1. The first kappa shape index (κ1) is 13.3. The number of benzene rings is 1. The molecule has 2 heterocycles. The third-order valence-electron chi connectivity index (χ3n) is 3.81. The molecule has 1 saturated heterocycles. The maximum Gasteiger partial charge on any atom is 0.145 e. The lowest BCUT2D eigenvalue weighted by atomic mass is 10.1. The van der Waals surface area contributed by atoms with E-state index < -0.39 is 0 Å². The first-order chi connectivity index (χ1) is 9.76. The molecular formula is C15H20N4O. The molecule has 0 saturated carbocycles. The van der Waals surface area contributed by atoms with Gasteiger partial charge in [0.15, 0.2) is 0 Å². The second-order valence-corrected chi connectivity index (χ2v) is 5.36. The van der Waals surface area contributed by atoms with E-state index in [-0.39, 0.29) is 6.10 Å². The van der Waals surface area contributed by atoms with Gasteiger partial charge in [-0.1, -0.05) is 18.2 Å². The molecule has 106 valence electrons. The number of piperidine rings is 1. The molecule has 20 heavy (non-hydrogen) atoms. The second-order valence-electron chi connectivity index (χ2n) is 5.36. The van der Waals surface area contributed by atoms with Gasteiger partial charge in [-0.3, -0.25) is 4.90 Å². The van der Waals surface area contributed by atoms with Gasteiger partial charge in [-0.15, -0.1) is 0 Å². The Kier molecular flexibility index (Phi) is 3.82. The van der Waals surface area contributed by atoms with E-state index in [0.29, 0.717) is 5.82 Å². The normalized spacial score (nSPS) is 20.2. The van der Waals surface area contributed by atoms with Gasteiger partial charge in [-0.2, -0.15) is 0 Å². The van der Waals surface area contributed by atoms with Crippen LogP contribution in [0.3, 0.4) is 0 Å². The highest BCUT2D eigenvalue weighted by atomic mass is 16.3. The van der Waals surface area contributed by atoms with E-state index in [1.807, 2.05) is 18.2 Å². The van der Waals surface area contributed by atoms with E-state index in [1.165, 1.54) is 0 Å². The highest BCUT2D eigenvalue weighted by Gasteiger charge is 2.19. The van der Waals surface area contributed by atoms with E-state index in [4.69, 9.17) is 5.84 Å². The van der Waals surface area contributed by atoms with E-state index in [1.54, 1.807) is 0 Å². The van der Waals surface area contributed by atoms with Crippen LogP contribution in [0.2, 0.25) is 0 Å². The van der Waals surface area contributed by atoms with Crippen LogP contribution in [0.25, 0.3) is 10.9 Å². The molecule has 4 N–H and O–H groups in total. The van der Waals surface area contributed by atoms with Crippen molar-refractivity contribution in [1.29, 1.82) is 0 Å². The number of anilines is 1. The van der Waals surface area contributed by atoms with E-state index in [9.17, 15) is 5.11 Å². The fourth-order valence-corrected chi connectivity index (χ4v) is 2.82. The van der Waals surface area contributed by atoms with Crippen LogP contribution >= 0.6 is 0 Å². The zero-order valence-corrected chi connectivity index (χ0v) is 11.4. The smallest absolute Gasteiger partial charge is 0.145 e. The lowest BCUT2D eigenvalue weighted by Gasteiger charge is -2.30. The molecule has 5 nitrogen and oxygen atoms in total. The molecule has 0 spiro atoms. The Morgan fingerprint density at radius 1 is 1.40 bits per heavy atom. The van der Waals surface area contributed by atoms with Crippen molar-refractivity contribution in [2.24, 2.45) is 5.84 Å². The Bertz CT molecular complexity index is 601. The predicted octanol–water partition coefficient (Wildman–Crippen LogP) is 1.48. The van der Waals surface area contributed by atoms with Gasteiger partial charge >= 0.3 is 0 Å². The highest BCUT2D eigenvalue weighted by Crippen LogP contribution is 2.22. The number of nitrogens with zero attached hydrogens (tertiary/aromatic N) is 2. The highest BCUT2D eigenvalue weighted by molar-refractivity contribution is 5.81. The minimum absolute atomic E-state index is 0.216. The van der Waals surface area contributed by atoms with Crippen molar-refractivity contribution in [3.05, 3.63) is 35.9 Å². The molecule has 2 aromatic rings. The largest absolute Gasteiger partial charge is 0.392 e. The maximum absolute atomic E-state index is 9.76. The van der Waals surface area contributed by atoms with Crippen LogP contribution in [0, 0.1) is 0 Å². The molecule has 1 fully saturated rings. The van der Waals surface area contributed by atoms with Crippen molar-refractivity contribution < 1.29 is 5.11 Å². The van der Waals surface area contributed by atoms with E-state index in [2.05, 4.69) is 27.4 Å². The molecule has 0 amide bonds. The Labute approximate surface area is 118 Å². The van der Waals surface area contributed by atoms with Crippen LogP contribution in [0.5, 0.6) is 0 Å². The van der Waals surface area contributed by atoms with E-state index >= 15 is 0 Å². The number of aromatic nitrogens is 1. The number of likely N-dealkylation sites (tertiary alicyclic amines) is 1. The van der Waals surface area contributed by atoms with Crippen molar-refractivity contribution in [1.82, 2.24) is 9.88 Å². The number of fused-ring (bicyclic) bond motifs is 1. The maximum atomic E-state index is 9.76. The number of nitrogens with one attached hydrogen (secondary N) is 1. The number of nitrogen functional groups attached to an aromatic ring is 1. The molecule has 0 bridgehead atoms. The molecule has 3 rings (SSSR count). The van der Waals surface area contributed by atoms with Crippen molar-refractivity contribution in [3.63, 3.8) is 0 Å². The number of aliphatic hydroxyl groups is 1. The van der Waals surface area contributed by atoms with Crippen LogP contribution < -0.4 is 11.3 Å². The van der Waals surface area contributed by atoms with Crippen molar-refractivity contribution in [3.8, 4) is 0 Å². The minimum atomic E-state index is -0.216. The number of para-hydroxylation sites is 1. The van der Waals surface area contributed by atoms with Gasteiger partial charge in [-0.25, -0.2) is 10.8 Å². The predicted molar refractivity (Wildman–Crippen MR) is 80.1 cm³/mol. The van der Waals surface area contributed by atoms with Crippen LogP contribution in [0.4, 0.5) is 5.82 Å². The topological polar surface area (TPSA) is 74.4 Å². The molecular weight excluding hydrogens is 252 g/mol. The van der Waals surface area contributed by atoms with Crippen LogP contribution in [0.15, 0.2) is 30.3 Å². The Morgan fingerprint density at radius 3 is 3.05 bits per heavy atom. The monoisotopic (exact) mass is 272 g/mol. The van der Waals surface area contributed by atoms with Gasteiger partial charge in [0.1, 0.15) is 5.82 Å². The third kappa shape index (κ3) is 2.75. The summed E-state index contributed by atoms with van der Waals surface area (Å²) in [6.45, 7) is 2.49. The van der Waals surface area contributed by atoms with Gasteiger partial charge in [0.05, 0.1) is 11.6 Å². The standard InChI is InChI=1S/C15H20N4O/c16-18-15-12(9-19-7-3-5-13(20)10-19)8-11-4-1-2-6-14(11)17-15/h1-2,4,6,8,13,20H,3,5,7,9-10,16H2,(H,17,18). The van der Waals surface area contributed by atoms with Gasteiger partial charge in [0.2, 0.25) is 0 Å². The molecule has 1 atom stereocenters. The zero-order chi connectivity index (χ0) is 13.9. The number of β-amino-alcohol motifs (C(OH)–C–C–N with tert-alkyl or cyclic N) is 1. The van der Waals surface area contributed by atoms with Crippen molar-refractivity contribution in [2.45, 2.75) is 25.5 Å². The van der Waals surface area contributed by atoms with E-state index in [0.717, 1.165) is 48.9 Å². The lowest BCUT2D eigenvalue weighted by Crippen LogP contribution is -2.37. The first-order valence-electron chi connectivity index (χ1n) is 7.02. The number of hydrazine groups is 1. The fraction of sp³-hybridized carbons (Fsp3) is 0.400. The molecule has 1 aromatic carbocycles. The molecule has 1 aromatic heterocycles. The summed E-state index contributed by atoms with van der Waals surface area (Å²) in [4.78, 5) is 6.80. The Morgan fingerprint density at radius 2 is 2.25 bits per heavy atom.